The van der Waals surface area contributed by atoms with Crippen molar-refractivity contribution in [3.8, 4) is 5.75 Å². The second-order valence-corrected chi connectivity index (χ2v) is 7.69. The van der Waals surface area contributed by atoms with Crippen molar-refractivity contribution in [3.63, 3.8) is 0 Å². The first-order valence-electron chi connectivity index (χ1n) is 8.97. The Morgan fingerprint density at radius 2 is 1.81 bits per heavy atom. The Labute approximate surface area is 156 Å². The third-order valence-corrected chi connectivity index (χ3v) is 5.29. The van der Waals surface area contributed by atoms with Gasteiger partial charge in [0.1, 0.15) is 11.8 Å². The second kappa shape index (κ2) is 7.98. The van der Waals surface area contributed by atoms with Gasteiger partial charge in [0, 0.05) is 5.46 Å². The minimum absolute atomic E-state index is 0.377. The summed E-state index contributed by atoms with van der Waals surface area (Å²) >= 11 is 0. The molecule has 6 nitrogen and oxygen atoms in total. The number of esters is 1. The van der Waals surface area contributed by atoms with E-state index < -0.39 is 24.4 Å². The molecule has 2 N–H and O–H groups in total. The lowest BCUT2D eigenvalue weighted by molar-refractivity contribution is -0.142. The highest BCUT2D eigenvalue weighted by Gasteiger charge is 2.52. The van der Waals surface area contributed by atoms with Gasteiger partial charge in [0.15, 0.2) is 0 Å². The number of nitrogens with two attached hydrogens (primary N) is 1. The zero-order valence-corrected chi connectivity index (χ0v) is 16.6. The minimum Gasteiger partial charge on any atom is -0.497 e. The van der Waals surface area contributed by atoms with Crippen LogP contribution in [0.1, 0.15) is 46.1 Å². The molecule has 0 amide bonds. The first-order valence-corrected chi connectivity index (χ1v) is 8.97. The van der Waals surface area contributed by atoms with Crippen LogP contribution in [-0.4, -0.2) is 44.6 Å². The predicted octanol–water partition coefficient (Wildman–Crippen LogP) is 1.82. The number of methoxy groups -OCH3 is 2. The summed E-state index contributed by atoms with van der Waals surface area (Å²) in [4.78, 5) is 11.4. The standard InChI is InChI=1S/C19H30BNO5/c1-18(2)19(3,4)26-20(25-18)14-12-13(10-11-16(14)23-5)8-7-9-15(21)17(22)24-6/h10-12,15H,7-9,21H2,1-6H3/t15-/m0/s1. The van der Waals surface area contributed by atoms with Gasteiger partial charge < -0.3 is 24.5 Å². The summed E-state index contributed by atoms with van der Waals surface area (Å²) in [5.41, 5.74) is 6.96. The molecule has 0 unspecified atom stereocenters. The molecule has 1 aliphatic heterocycles. The fourth-order valence-corrected chi connectivity index (χ4v) is 2.89. The van der Waals surface area contributed by atoms with Gasteiger partial charge in [-0.1, -0.05) is 12.1 Å². The van der Waals surface area contributed by atoms with Crippen LogP contribution in [0.25, 0.3) is 0 Å². The normalized spacial score (nSPS) is 19.3. The number of hydrogen-bond donors (Lipinski definition) is 1. The number of carbonyl (C=O) groups is 1. The third kappa shape index (κ3) is 4.39. The lowest BCUT2D eigenvalue weighted by Crippen LogP contribution is -2.41. The number of rotatable bonds is 7. The zero-order chi connectivity index (χ0) is 19.5. The fraction of sp³-hybridized carbons (Fsp3) is 0.632. The topological polar surface area (TPSA) is 80.0 Å². The largest absolute Gasteiger partial charge is 0.498 e. The van der Waals surface area contributed by atoms with Crippen LogP contribution in [0.5, 0.6) is 5.75 Å². The molecule has 0 aliphatic carbocycles. The molecule has 0 bridgehead atoms. The van der Waals surface area contributed by atoms with Gasteiger partial charge in [-0.15, -0.1) is 0 Å². The maximum Gasteiger partial charge on any atom is 0.498 e. The highest BCUT2D eigenvalue weighted by Crippen LogP contribution is 2.37. The van der Waals surface area contributed by atoms with E-state index >= 15 is 0 Å². The van der Waals surface area contributed by atoms with Gasteiger partial charge in [0.05, 0.1) is 25.4 Å². The molecule has 0 aromatic heterocycles. The lowest BCUT2D eigenvalue weighted by atomic mass is 9.77. The average molecular weight is 363 g/mol. The molecule has 1 aliphatic rings. The van der Waals surface area contributed by atoms with Crippen molar-refractivity contribution in [2.24, 2.45) is 5.73 Å². The summed E-state index contributed by atoms with van der Waals surface area (Å²) in [5, 5.41) is 0. The molecule has 144 valence electrons. The molecule has 1 heterocycles. The number of aryl methyl sites for hydroxylation is 1. The summed E-state index contributed by atoms with van der Waals surface area (Å²) < 4.78 is 22.5. The van der Waals surface area contributed by atoms with Crippen LogP contribution in [0.3, 0.4) is 0 Å². The van der Waals surface area contributed by atoms with Crippen LogP contribution in [0, 0.1) is 0 Å². The molecular formula is C19H30BNO5. The van der Waals surface area contributed by atoms with Crippen LogP contribution in [0.2, 0.25) is 0 Å². The molecule has 7 heteroatoms. The van der Waals surface area contributed by atoms with Crippen LogP contribution >= 0.6 is 0 Å². The highest BCUT2D eigenvalue weighted by atomic mass is 16.7. The van der Waals surface area contributed by atoms with Gasteiger partial charge in [0.25, 0.3) is 0 Å². The van der Waals surface area contributed by atoms with Crippen LogP contribution in [0.4, 0.5) is 0 Å². The zero-order valence-electron chi connectivity index (χ0n) is 16.6. The van der Waals surface area contributed by atoms with E-state index in [4.69, 9.17) is 19.8 Å². The van der Waals surface area contributed by atoms with Crippen LogP contribution in [-0.2, 0) is 25.3 Å². The van der Waals surface area contributed by atoms with Crippen molar-refractivity contribution in [3.05, 3.63) is 23.8 Å². The molecule has 1 aromatic carbocycles. The lowest BCUT2D eigenvalue weighted by Gasteiger charge is -2.32. The molecule has 1 aromatic rings. The van der Waals surface area contributed by atoms with E-state index in [1.54, 1.807) is 7.11 Å². The van der Waals surface area contributed by atoms with Crippen molar-refractivity contribution in [2.45, 2.75) is 64.2 Å². The fourth-order valence-electron chi connectivity index (χ4n) is 2.89. The Kier molecular flexibility index (Phi) is 6.37. The van der Waals surface area contributed by atoms with Gasteiger partial charge >= 0.3 is 13.1 Å². The van der Waals surface area contributed by atoms with E-state index in [0.717, 1.165) is 29.6 Å². The Hall–Kier alpha value is -1.57. The van der Waals surface area contributed by atoms with E-state index in [0.29, 0.717) is 6.42 Å². The molecule has 0 saturated carbocycles. The number of ether oxygens (including phenoxy) is 2. The summed E-state index contributed by atoms with van der Waals surface area (Å²) in [6.07, 6.45) is 2.15. The SMILES string of the molecule is COC(=O)[C@@H](N)CCCc1ccc(OC)c(B2OC(C)(C)C(C)(C)O2)c1. The highest BCUT2D eigenvalue weighted by molar-refractivity contribution is 6.63. The van der Waals surface area contributed by atoms with E-state index in [2.05, 4.69) is 4.74 Å². The Morgan fingerprint density at radius 3 is 2.35 bits per heavy atom. The Balaban J connectivity index is 2.11. The first-order chi connectivity index (χ1) is 12.1. The average Bonchev–Trinajstić information content (AvgIpc) is 2.81. The maximum absolute atomic E-state index is 11.4. The molecule has 26 heavy (non-hydrogen) atoms. The van der Waals surface area contributed by atoms with Crippen molar-refractivity contribution in [1.82, 2.24) is 0 Å². The molecule has 1 saturated heterocycles. The molecule has 1 fully saturated rings. The van der Waals surface area contributed by atoms with Gasteiger partial charge in [-0.25, -0.2) is 0 Å². The summed E-state index contributed by atoms with van der Waals surface area (Å²) in [6, 6.07) is 5.40. The summed E-state index contributed by atoms with van der Waals surface area (Å²) in [5.74, 6) is 0.358. The minimum atomic E-state index is -0.583. The van der Waals surface area contributed by atoms with Gasteiger partial charge in [-0.05, 0) is 58.6 Å². The number of carbonyl (C=O) groups excluding carboxylic acids is 1. The summed E-state index contributed by atoms with van der Waals surface area (Å²) in [6.45, 7) is 8.10. The van der Waals surface area contributed by atoms with Gasteiger partial charge in [-0.3, -0.25) is 4.79 Å². The number of benzene rings is 1. The van der Waals surface area contributed by atoms with Crippen LogP contribution in [0.15, 0.2) is 18.2 Å². The van der Waals surface area contributed by atoms with Crippen molar-refractivity contribution >= 4 is 18.6 Å². The molecule has 2 rings (SSSR count). The van der Waals surface area contributed by atoms with E-state index in [-0.39, 0.29) is 5.97 Å². The summed E-state index contributed by atoms with van der Waals surface area (Å²) in [7, 11) is 2.51. The molecule has 0 radical (unpaired) electrons. The monoisotopic (exact) mass is 363 g/mol. The van der Waals surface area contributed by atoms with Gasteiger partial charge in [0.2, 0.25) is 0 Å². The quantitative estimate of drug-likeness (QED) is 0.588. The Morgan fingerprint density at radius 1 is 1.19 bits per heavy atom. The third-order valence-electron chi connectivity index (χ3n) is 5.29. The molecular weight excluding hydrogens is 333 g/mol. The molecule has 0 spiro atoms. The van der Waals surface area contributed by atoms with Crippen molar-refractivity contribution < 1.29 is 23.6 Å². The van der Waals surface area contributed by atoms with E-state index in [1.807, 2.05) is 45.9 Å². The smallest absolute Gasteiger partial charge is 0.497 e. The van der Waals surface area contributed by atoms with Gasteiger partial charge in [-0.2, -0.15) is 0 Å². The maximum atomic E-state index is 11.4. The Bertz CT molecular complexity index is 631. The van der Waals surface area contributed by atoms with E-state index in [1.165, 1.54) is 7.11 Å². The predicted molar refractivity (Wildman–Crippen MR) is 102 cm³/mol. The van der Waals surface area contributed by atoms with Crippen LogP contribution < -0.4 is 15.9 Å². The molecule has 1 atom stereocenters. The second-order valence-electron chi connectivity index (χ2n) is 7.69. The van der Waals surface area contributed by atoms with Crippen molar-refractivity contribution in [1.29, 1.82) is 0 Å². The number of hydrogen-bond acceptors (Lipinski definition) is 6. The van der Waals surface area contributed by atoms with E-state index in [9.17, 15) is 4.79 Å². The first kappa shape index (κ1) is 20.7. The van der Waals surface area contributed by atoms with Crippen molar-refractivity contribution in [2.75, 3.05) is 14.2 Å².